The molecule has 2 saturated carbocycles. The highest BCUT2D eigenvalue weighted by molar-refractivity contribution is 4.81. The molecular weight excluding hydrogens is 227 g/mol. The van der Waals surface area contributed by atoms with Crippen molar-refractivity contribution in [3.05, 3.63) is 0 Å². The van der Waals surface area contributed by atoms with Gasteiger partial charge in [0.25, 0.3) is 0 Å². The van der Waals surface area contributed by atoms with Gasteiger partial charge in [-0.05, 0) is 51.0 Å². The Hall–Kier alpha value is -0.250. The number of rotatable bonds is 5. The molecule has 17 heavy (non-hydrogen) atoms. The third-order valence-corrected chi connectivity index (χ3v) is 4.11. The lowest BCUT2D eigenvalue weighted by Crippen LogP contribution is -2.37. The van der Waals surface area contributed by atoms with Gasteiger partial charge >= 0.3 is 6.18 Å². The first-order chi connectivity index (χ1) is 8.05. The third kappa shape index (κ3) is 4.49. The minimum atomic E-state index is -3.98. The number of alkyl halides is 3. The van der Waals surface area contributed by atoms with Gasteiger partial charge in [0.2, 0.25) is 0 Å². The van der Waals surface area contributed by atoms with E-state index in [4.69, 9.17) is 0 Å². The summed E-state index contributed by atoms with van der Waals surface area (Å²) >= 11 is 0. The highest BCUT2D eigenvalue weighted by Gasteiger charge is 2.41. The molecule has 0 aliphatic heterocycles. The minimum Gasteiger partial charge on any atom is -0.314 e. The van der Waals surface area contributed by atoms with Crippen molar-refractivity contribution in [3.63, 3.8) is 0 Å². The Kier molecular flexibility index (Phi) is 4.34. The molecule has 100 valence electrons. The summed E-state index contributed by atoms with van der Waals surface area (Å²) in [6, 6.07) is 0.327. The fraction of sp³-hybridized carbons (Fsp3) is 1.00. The average molecular weight is 249 g/mol. The van der Waals surface area contributed by atoms with E-state index in [1.165, 1.54) is 25.7 Å². The second kappa shape index (κ2) is 5.59. The van der Waals surface area contributed by atoms with Crippen LogP contribution >= 0.6 is 0 Å². The second-order valence-corrected chi connectivity index (χ2v) is 5.63. The maximum Gasteiger partial charge on any atom is 0.391 e. The smallest absolute Gasteiger partial charge is 0.314 e. The van der Waals surface area contributed by atoms with Crippen LogP contribution in [0.15, 0.2) is 0 Å². The Morgan fingerprint density at radius 2 is 1.59 bits per heavy atom. The van der Waals surface area contributed by atoms with Gasteiger partial charge in [0, 0.05) is 6.04 Å². The number of nitrogens with one attached hydrogen (secondary N) is 1. The maximum atomic E-state index is 12.5. The first-order valence-electron chi connectivity index (χ1n) is 6.86. The Morgan fingerprint density at radius 3 is 2.12 bits per heavy atom. The molecule has 2 aliphatic rings. The SMILES string of the molecule is FC(F)(F)C1CCC(NCCCC2CC2)CC1. The van der Waals surface area contributed by atoms with Gasteiger partial charge in [-0.25, -0.2) is 0 Å². The highest BCUT2D eigenvalue weighted by atomic mass is 19.4. The van der Waals surface area contributed by atoms with E-state index in [0.717, 1.165) is 12.5 Å². The molecule has 1 nitrogen and oxygen atoms in total. The van der Waals surface area contributed by atoms with Crippen LogP contribution in [0, 0.1) is 11.8 Å². The maximum absolute atomic E-state index is 12.5. The van der Waals surface area contributed by atoms with Crippen molar-refractivity contribution >= 4 is 0 Å². The largest absolute Gasteiger partial charge is 0.391 e. The fourth-order valence-electron chi connectivity index (χ4n) is 2.73. The minimum absolute atomic E-state index is 0.309. The zero-order valence-corrected chi connectivity index (χ0v) is 10.2. The van der Waals surface area contributed by atoms with Crippen LogP contribution in [-0.4, -0.2) is 18.8 Å². The van der Waals surface area contributed by atoms with Crippen LogP contribution in [0.4, 0.5) is 13.2 Å². The molecule has 0 aromatic rings. The quantitative estimate of drug-likeness (QED) is 0.729. The molecule has 0 bridgehead atoms. The molecule has 0 amide bonds. The summed E-state index contributed by atoms with van der Waals surface area (Å²) < 4.78 is 37.4. The molecule has 0 aromatic heterocycles. The van der Waals surface area contributed by atoms with Crippen LogP contribution in [0.1, 0.15) is 51.4 Å². The topological polar surface area (TPSA) is 12.0 Å². The Labute approximate surface area is 101 Å². The predicted octanol–water partition coefficient (Wildman–Crippen LogP) is 3.89. The van der Waals surface area contributed by atoms with Crippen molar-refractivity contribution < 1.29 is 13.2 Å². The Balaban J connectivity index is 1.55. The standard InChI is InChI=1S/C13H22F3N/c14-13(15,16)11-5-7-12(8-6-11)17-9-1-2-10-3-4-10/h10-12,17H,1-9H2. The first-order valence-corrected chi connectivity index (χ1v) is 6.86. The summed E-state index contributed by atoms with van der Waals surface area (Å²) in [7, 11) is 0. The van der Waals surface area contributed by atoms with Crippen molar-refractivity contribution in [1.82, 2.24) is 5.32 Å². The van der Waals surface area contributed by atoms with Crippen LogP contribution < -0.4 is 5.32 Å². The summed E-state index contributed by atoms with van der Waals surface area (Å²) in [5, 5.41) is 3.41. The van der Waals surface area contributed by atoms with Gasteiger partial charge in [-0.3, -0.25) is 0 Å². The average Bonchev–Trinajstić information content (AvgIpc) is 3.08. The molecule has 2 fully saturated rings. The van der Waals surface area contributed by atoms with Crippen molar-refractivity contribution in [1.29, 1.82) is 0 Å². The molecule has 2 aliphatic carbocycles. The van der Waals surface area contributed by atoms with E-state index in [9.17, 15) is 13.2 Å². The molecule has 1 N–H and O–H groups in total. The number of hydrogen-bond acceptors (Lipinski definition) is 1. The van der Waals surface area contributed by atoms with Gasteiger partial charge < -0.3 is 5.32 Å². The van der Waals surface area contributed by atoms with Crippen molar-refractivity contribution in [3.8, 4) is 0 Å². The lowest BCUT2D eigenvalue weighted by molar-refractivity contribution is -0.182. The molecule has 0 radical (unpaired) electrons. The molecule has 0 aromatic carbocycles. The summed E-state index contributed by atoms with van der Waals surface area (Å²) in [5.74, 6) is -0.0928. The van der Waals surface area contributed by atoms with Crippen LogP contribution in [0.2, 0.25) is 0 Å². The predicted molar refractivity (Wildman–Crippen MR) is 61.8 cm³/mol. The van der Waals surface area contributed by atoms with E-state index in [1.54, 1.807) is 0 Å². The third-order valence-electron chi connectivity index (χ3n) is 4.11. The monoisotopic (exact) mass is 249 g/mol. The molecule has 0 heterocycles. The van der Waals surface area contributed by atoms with E-state index in [2.05, 4.69) is 5.32 Å². The van der Waals surface area contributed by atoms with Gasteiger partial charge in [0.05, 0.1) is 5.92 Å². The Morgan fingerprint density at radius 1 is 0.941 bits per heavy atom. The van der Waals surface area contributed by atoms with Crippen LogP contribution in [-0.2, 0) is 0 Å². The summed E-state index contributed by atoms with van der Waals surface area (Å²) in [5.41, 5.74) is 0. The van der Waals surface area contributed by atoms with Crippen molar-refractivity contribution in [2.24, 2.45) is 11.8 Å². The lowest BCUT2D eigenvalue weighted by atomic mass is 9.85. The number of halogens is 3. The van der Waals surface area contributed by atoms with Gasteiger partial charge in [0.15, 0.2) is 0 Å². The normalized spacial score (nSPS) is 30.5. The summed E-state index contributed by atoms with van der Waals surface area (Å²) in [6.07, 6.45) is 3.27. The molecular formula is C13H22F3N. The van der Waals surface area contributed by atoms with Crippen molar-refractivity contribution in [2.75, 3.05) is 6.54 Å². The summed E-state index contributed by atoms with van der Waals surface area (Å²) in [4.78, 5) is 0. The van der Waals surface area contributed by atoms with Gasteiger partial charge in [-0.2, -0.15) is 13.2 Å². The van der Waals surface area contributed by atoms with Crippen molar-refractivity contribution in [2.45, 2.75) is 63.6 Å². The van der Waals surface area contributed by atoms with E-state index in [0.29, 0.717) is 31.7 Å². The van der Waals surface area contributed by atoms with Gasteiger partial charge in [0.1, 0.15) is 0 Å². The molecule has 0 atom stereocenters. The zero-order valence-electron chi connectivity index (χ0n) is 10.2. The van der Waals surface area contributed by atoms with E-state index >= 15 is 0 Å². The number of hydrogen-bond donors (Lipinski definition) is 1. The van der Waals surface area contributed by atoms with E-state index < -0.39 is 12.1 Å². The molecule has 0 unspecified atom stereocenters. The van der Waals surface area contributed by atoms with Crippen LogP contribution in [0.25, 0.3) is 0 Å². The van der Waals surface area contributed by atoms with Gasteiger partial charge in [-0.1, -0.05) is 12.8 Å². The first kappa shape index (κ1) is 13.2. The lowest BCUT2D eigenvalue weighted by Gasteiger charge is -2.30. The Bertz CT molecular complexity index is 227. The highest BCUT2D eigenvalue weighted by Crippen LogP contribution is 2.37. The van der Waals surface area contributed by atoms with Crippen LogP contribution in [0.5, 0.6) is 0 Å². The van der Waals surface area contributed by atoms with E-state index in [1.807, 2.05) is 0 Å². The van der Waals surface area contributed by atoms with Gasteiger partial charge in [-0.15, -0.1) is 0 Å². The van der Waals surface area contributed by atoms with Crippen LogP contribution in [0.3, 0.4) is 0 Å². The fourth-order valence-corrected chi connectivity index (χ4v) is 2.73. The van der Waals surface area contributed by atoms with E-state index in [-0.39, 0.29) is 0 Å². The summed E-state index contributed by atoms with van der Waals surface area (Å²) in [6.45, 7) is 0.984. The molecule has 0 spiro atoms. The molecule has 4 heteroatoms. The second-order valence-electron chi connectivity index (χ2n) is 5.63. The zero-order chi connectivity index (χ0) is 12.3. The molecule has 2 rings (SSSR count). The molecule has 0 saturated heterocycles.